The van der Waals surface area contributed by atoms with E-state index in [9.17, 15) is 17.6 Å². The second-order valence-electron chi connectivity index (χ2n) is 2.98. The molecule has 0 aromatic heterocycles. The molecular weight excluding hydrogens is 215 g/mol. The molecule has 1 atom stereocenters. The van der Waals surface area contributed by atoms with Crippen LogP contribution >= 0.6 is 7.92 Å². The highest BCUT2D eigenvalue weighted by molar-refractivity contribution is 7.64. The van der Waals surface area contributed by atoms with Crippen molar-refractivity contribution in [2.45, 2.75) is 6.92 Å². The molecule has 0 saturated heterocycles. The van der Waals surface area contributed by atoms with Gasteiger partial charge in [-0.05, 0) is 6.92 Å². The van der Waals surface area contributed by atoms with Crippen LogP contribution in [0.2, 0.25) is 0 Å². The van der Waals surface area contributed by atoms with Gasteiger partial charge in [0.15, 0.2) is 11.6 Å². The third kappa shape index (κ3) is 1.90. The molecule has 5 heteroatoms. The summed E-state index contributed by atoms with van der Waals surface area (Å²) in [5, 5.41) is -0.0195. The third-order valence-corrected chi connectivity index (χ3v) is 4.44. The van der Waals surface area contributed by atoms with Crippen LogP contribution in [0.25, 0.3) is 0 Å². The SMILES string of the molecule is CC[PH+](C)c1cc(F)c(F)c(F)c1F. The smallest absolute Gasteiger partial charge is 0.203 e. The van der Waals surface area contributed by atoms with Crippen molar-refractivity contribution < 1.29 is 17.6 Å². The maximum atomic E-state index is 13.1. The molecule has 0 aliphatic carbocycles. The van der Waals surface area contributed by atoms with Gasteiger partial charge in [0.25, 0.3) is 0 Å². The average molecular weight is 225 g/mol. The van der Waals surface area contributed by atoms with E-state index in [1.54, 1.807) is 13.6 Å². The molecule has 14 heavy (non-hydrogen) atoms. The van der Waals surface area contributed by atoms with Crippen LogP contribution in [0.4, 0.5) is 17.6 Å². The summed E-state index contributed by atoms with van der Waals surface area (Å²) in [6, 6.07) is 0.755. The van der Waals surface area contributed by atoms with Gasteiger partial charge < -0.3 is 0 Å². The molecule has 0 N–H and O–H groups in total. The van der Waals surface area contributed by atoms with Crippen LogP contribution in [-0.2, 0) is 0 Å². The van der Waals surface area contributed by atoms with E-state index >= 15 is 0 Å². The second-order valence-corrected chi connectivity index (χ2v) is 5.79. The van der Waals surface area contributed by atoms with E-state index in [0.717, 1.165) is 6.07 Å². The number of hydrogen-bond acceptors (Lipinski definition) is 0. The number of halogens is 4. The lowest BCUT2D eigenvalue weighted by Crippen LogP contribution is -2.13. The minimum atomic E-state index is -1.74. The number of rotatable bonds is 2. The van der Waals surface area contributed by atoms with E-state index in [2.05, 4.69) is 0 Å². The Balaban J connectivity index is 3.33. The Morgan fingerprint density at radius 2 is 1.64 bits per heavy atom. The minimum Gasteiger partial charge on any atom is -0.203 e. The van der Waals surface area contributed by atoms with Crippen LogP contribution in [0.3, 0.4) is 0 Å². The zero-order valence-corrected chi connectivity index (χ0v) is 8.80. The molecule has 0 bridgehead atoms. The maximum Gasteiger partial charge on any atom is 0.203 e. The lowest BCUT2D eigenvalue weighted by atomic mass is 10.3. The summed E-state index contributed by atoms with van der Waals surface area (Å²) in [6.45, 7) is 3.52. The third-order valence-electron chi connectivity index (χ3n) is 2.09. The Morgan fingerprint density at radius 1 is 1.07 bits per heavy atom. The van der Waals surface area contributed by atoms with Gasteiger partial charge in [0, 0.05) is 14.0 Å². The van der Waals surface area contributed by atoms with Crippen molar-refractivity contribution in [1.82, 2.24) is 0 Å². The van der Waals surface area contributed by atoms with E-state index in [4.69, 9.17) is 0 Å². The molecule has 0 heterocycles. The first-order chi connectivity index (χ1) is 6.49. The molecule has 0 saturated carbocycles. The summed E-state index contributed by atoms with van der Waals surface area (Å²) >= 11 is 0. The zero-order valence-electron chi connectivity index (χ0n) is 7.80. The first-order valence-corrected chi connectivity index (χ1v) is 6.35. The first kappa shape index (κ1) is 11.4. The molecule has 1 aromatic carbocycles. The number of hydrogen-bond donors (Lipinski definition) is 0. The summed E-state index contributed by atoms with van der Waals surface area (Å²) in [7, 11) is -1.32. The van der Waals surface area contributed by atoms with Crippen molar-refractivity contribution in [3.63, 3.8) is 0 Å². The quantitative estimate of drug-likeness (QED) is 0.314. The minimum absolute atomic E-state index is 0.0195. The van der Waals surface area contributed by atoms with Crippen molar-refractivity contribution in [2.24, 2.45) is 0 Å². The molecule has 1 rings (SSSR count). The summed E-state index contributed by atoms with van der Waals surface area (Å²) < 4.78 is 51.2. The topological polar surface area (TPSA) is 0 Å². The molecule has 0 radical (unpaired) electrons. The van der Waals surface area contributed by atoms with Gasteiger partial charge in [-0.15, -0.1) is 0 Å². The van der Waals surface area contributed by atoms with E-state index < -0.39 is 31.2 Å². The van der Waals surface area contributed by atoms with Gasteiger partial charge in [0.1, 0.15) is 5.30 Å². The van der Waals surface area contributed by atoms with Gasteiger partial charge in [-0.2, -0.15) is 4.39 Å². The Hall–Kier alpha value is -0.630. The summed E-state index contributed by atoms with van der Waals surface area (Å²) in [5.74, 6) is -6.02. The van der Waals surface area contributed by atoms with E-state index in [0.29, 0.717) is 6.16 Å². The predicted molar refractivity (Wildman–Crippen MR) is 50.7 cm³/mol. The van der Waals surface area contributed by atoms with Gasteiger partial charge >= 0.3 is 0 Å². The normalized spacial score (nSPS) is 13.0. The van der Waals surface area contributed by atoms with Crippen molar-refractivity contribution in [1.29, 1.82) is 0 Å². The Labute approximate surface area is 80.7 Å². The van der Waals surface area contributed by atoms with Crippen molar-refractivity contribution >= 4 is 13.2 Å². The predicted octanol–water partition coefficient (Wildman–Crippen LogP) is 2.73. The molecule has 0 amide bonds. The second kappa shape index (κ2) is 4.26. The van der Waals surface area contributed by atoms with Gasteiger partial charge in [-0.1, -0.05) is 0 Å². The summed E-state index contributed by atoms with van der Waals surface area (Å²) in [6.07, 6.45) is 0.631. The first-order valence-electron chi connectivity index (χ1n) is 4.14. The fourth-order valence-corrected chi connectivity index (χ4v) is 2.31. The summed E-state index contributed by atoms with van der Waals surface area (Å²) in [4.78, 5) is 0. The van der Waals surface area contributed by atoms with Crippen LogP contribution in [-0.4, -0.2) is 12.8 Å². The van der Waals surface area contributed by atoms with Crippen molar-refractivity contribution in [3.05, 3.63) is 29.3 Å². The lowest BCUT2D eigenvalue weighted by Gasteiger charge is -2.05. The lowest BCUT2D eigenvalue weighted by molar-refractivity contribution is 0.412. The molecule has 1 aromatic rings. The van der Waals surface area contributed by atoms with Crippen LogP contribution in [0, 0.1) is 23.3 Å². The fraction of sp³-hybridized carbons (Fsp3) is 0.333. The molecular formula is C9H10F4P+. The van der Waals surface area contributed by atoms with E-state index in [1.807, 2.05) is 0 Å². The van der Waals surface area contributed by atoms with Crippen LogP contribution < -0.4 is 5.30 Å². The Kier molecular flexibility index (Phi) is 3.48. The van der Waals surface area contributed by atoms with Crippen LogP contribution in [0.15, 0.2) is 6.07 Å². The van der Waals surface area contributed by atoms with Crippen molar-refractivity contribution in [3.8, 4) is 0 Å². The molecule has 0 spiro atoms. The van der Waals surface area contributed by atoms with E-state index in [1.165, 1.54) is 0 Å². The maximum absolute atomic E-state index is 13.1. The molecule has 0 aliphatic heterocycles. The average Bonchev–Trinajstić information content (AvgIpc) is 2.19. The van der Waals surface area contributed by atoms with Gasteiger partial charge in [-0.25, -0.2) is 13.2 Å². The van der Waals surface area contributed by atoms with Gasteiger partial charge in [-0.3, -0.25) is 0 Å². The monoisotopic (exact) mass is 225 g/mol. The Bertz CT molecular complexity index is 351. The zero-order chi connectivity index (χ0) is 10.9. The number of benzene rings is 1. The highest BCUT2D eigenvalue weighted by Crippen LogP contribution is 2.31. The standard InChI is InChI=1S/C9H9F4P/c1-3-14(2)6-4-5(10)7(11)9(13)8(6)12/h4H,3H2,1-2H3/p+1. The molecule has 0 aliphatic rings. The Morgan fingerprint density at radius 3 is 2.14 bits per heavy atom. The molecule has 78 valence electrons. The van der Waals surface area contributed by atoms with Gasteiger partial charge in [0.2, 0.25) is 11.6 Å². The highest BCUT2D eigenvalue weighted by atomic mass is 31.1. The largest absolute Gasteiger partial charge is 0.203 e. The fourth-order valence-electron chi connectivity index (χ4n) is 1.07. The van der Waals surface area contributed by atoms with E-state index in [-0.39, 0.29) is 5.30 Å². The highest BCUT2D eigenvalue weighted by Gasteiger charge is 2.25. The molecule has 1 unspecified atom stereocenters. The van der Waals surface area contributed by atoms with Crippen LogP contribution in [0.5, 0.6) is 0 Å². The molecule has 0 fully saturated rings. The van der Waals surface area contributed by atoms with Crippen molar-refractivity contribution in [2.75, 3.05) is 12.8 Å². The molecule has 0 nitrogen and oxygen atoms in total. The van der Waals surface area contributed by atoms with Crippen LogP contribution in [0.1, 0.15) is 6.92 Å². The summed E-state index contributed by atoms with van der Waals surface area (Å²) in [5.41, 5.74) is 0. The van der Waals surface area contributed by atoms with Gasteiger partial charge in [0.05, 0.1) is 12.8 Å².